The fourth-order valence-corrected chi connectivity index (χ4v) is 2.46. The maximum Gasteiger partial charge on any atom is 0.560 e. The molecule has 1 fully saturated rings. The summed E-state index contributed by atoms with van der Waals surface area (Å²) in [5.74, 6) is 0. The van der Waals surface area contributed by atoms with Gasteiger partial charge in [0.2, 0.25) is 0 Å². The van der Waals surface area contributed by atoms with E-state index >= 15 is 0 Å². The number of halogens is 1. The van der Waals surface area contributed by atoms with E-state index in [4.69, 9.17) is 9.57 Å². The molecule has 1 aliphatic heterocycles. The molecule has 0 bridgehead atoms. The van der Waals surface area contributed by atoms with Crippen LogP contribution in [0.15, 0.2) is 30.3 Å². The van der Waals surface area contributed by atoms with Gasteiger partial charge in [-0.1, -0.05) is 46.3 Å². The molecule has 18 heavy (non-hydrogen) atoms. The molecule has 0 N–H and O–H groups in total. The van der Waals surface area contributed by atoms with Gasteiger partial charge in [0, 0.05) is 0 Å². The number of carbonyl (C=O) groups is 1. The average Bonchev–Trinajstić information content (AvgIpc) is 2.37. The molecule has 0 amide bonds. The maximum absolute atomic E-state index is 11.9. The van der Waals surface area contributed by atoms with Crippen LogP contribution in [0.3, 0.4) is 0 Å². The quantitative estimate of drug-likeness (QED) is 0.371. The van der Waals surface area contributed by atoms with Gasteiger partial charge in [-0.15, -0.1) is 0 Å². The van der Waals surface area contributed by atoms with Crippen LogP contribution in [0.5, 0.6) is 0 Å². The van der Waals surface area contributed by atoms with Gasteiger partial charge < -0.3 is 9.94 Å². The summed E-state index contributed by atoms with van der Waals surface area (Å²) >= 11 is 3.22. The van der Waals surface area contributed by atoms with Crippen molar-refractivity contribution in [3.63, 3.8) is 0 Å². The minimum Gasteiger partial charge on any atom is -0.589 e. The Morgan fingerprint density at radius 2 is 2.17 bits per heavy atom. The van der Waals surface area contributed by atoms with Gasteiger partial charge in [-0.2, -0.15) is 9.60 Å². The van der Waals surface area contributed by atoms with E-state index in [-0.39, 0.29) is 19.2 Å². The van der Waals surface area contributed by atoms with E-state index in [0.717, 1.165) is 12.0 Å². The number of benzene rings is 1. The molecule has 1 aliphatic rings. The van der Waals surface area contributed by atoms with Crippen LogP contribution in [0.4, 0.5) is 4.79 Å². The molecule has 0 radical (unpaired) electrons. The van der Waals surface area contributed by atoms with Crippen LogP contribution in [0.25, 0.3) is 0 Å². The highest BCUT2D eigenvalue weighted by atomic mass is 79.9. The summed E-state index contributed by atoms with van der Waals surface area (Å²) in [4.78, 5) is 15.3. The zero-order valence-electron chi connectivity index (χ0n) is 9.75. The van der Waals surface area contributed by atoms with Crippen LogP contribution in [-0.2, 0) is 16.2 Å². The summed E-state index contributed by atoms with van der Waals surface area (Å²) in [5.41, 5.74) is 0.854. The summed E-state index contributed by atoms with van der Waals surface area (Å²) in [6.07, 6.45) is -0.166. The van der Waals surface area contributed by atoms with Crippen molar-refractivity contribution in [3.8, 4) is 0 Å². The molecule has 0 aliphatic carbocycles. The SMILES string of the molecule is O=C(OCc1ccccc1)O[N+]1([O-])CCC1CBr. The summed E-state index contributed by atoms with van der Waals surface area (Å²) in [5, 5.41) is 12.4. The van der Waals surface area contributed by atoms with Crippen LogP contribution < -0.4 is 0 Å². The van der Waals surface area contributed by atoms with Crippen molar-refractivity contribution in [2.45, 2.75) is 19.1 Å². The largest absolute Gasteiger partial charge is 0.589 e. The van der Waals surface area contributed by atoms with Crippen molar-refractivity contribution in [1.29, 1.82) is 0 Å². The lowest BCUT2D eigenvalue weighted by Gasteiger charge is -2.49. The zero-order chi connectivity index (χ0) is 13.0. The highest BCUT2D eigenvalue weighted by Gasteiger charge is 2.44. The Balaban J connectivity index is 1.79. The number of hydroxylamine groups is 4. The van der Waals surface area contributed by atoms with Crippen LogP contribution in [0, 0.1) is 5.21 Å². The normalized spacial score (nSPS) is 26.2. The van der Waals surface area contributed by atoms with E-state index < -0.39 is 11.0 Å². The van der Waals surface area contributed by atoms with E-state index in [0.29, 0.717) is 5.33 Å². The first-order valence-corrected chi connectivity index (χ1v) is 6.81. The number of rotatable bonds is 4. The van der Waals surface area contributed by atoms with Crippen molar-refractivity contribution in [1.82, 2.24) is 0 Å². The lowest BCUT2D eigenvalue weighted by Crippen LogP contribution is -2.62. The van der Waals surface area contributed by atoms with Gasteiger partial charge in [-0.25, -0.2) is 4.84 Å². The first-order valence-electron chi connectivity index (χ1n) is 5.69. The predicted octanol–water partition coefficient (Wildman–Crippen LogP) is 2.74. The molecular weight excluding hydrogens is 302 g/mol. The monoisotopic (exact) mass is 315 g/mol. The van der Waals surface area contributed by atoms with Crippen molar-refractivity contribution in [3.05, 3.63) is 41.1 Å². The van der Waals surface area contributed by atoms with Gasteiger partial charge in [0.25, 0.3) is 0 Å². The Hall–Kier alpha value is -1.11. The lowest BCUT2D eigenvalue weighted by atomic mass is 10.1. The molecule has 0 aromatic heterocycles. The predicted molar refractivity (Wildman–Crippen MR) is 68.4 cm³/mol. The molecule has 1 saturated heterocycles. The van der Waals surface area contributed by atoms with E-state index in [1.54, 1.807) is 0 Å². The van der Waals surface area contributed by atoms with E-state index in [1.807, 2.05) is 30.3 Å². The average molecular weight is 316 g/mol. The van der Waals surface area contributed by atoms with Gasteiger partial charge in [-0.05, 0) is 5.56 Å². The fourth-order valence-electron chi connectivity index (χ4n) is 1.69. The standard InChI is InChI=1S/C12H14BrNO4/c13-8-11-6-7-14(11,16)18-12(15)17-9-10-4-2-1-3-5-10/h1-5,11H,6-9H2. The van der Waals surface area contributed by atoms with Crippen LogP contribution in [-0.4, -0.2) is 28.9 Å². The van der Waals surface area contributed by atoms with Crippen LogP contribution in [0.1, 0.15) is 12.0 Å². The Bertz CT molecular complexity index is 412. The molecule has 1 aromatic rings. The topological polar surface area (TPSA) is 58.6 Å². The van der Waals surface area contributed by atoms with Crippen molar-refractivity contribution >= 4 is 22.1 Å². The van der Waals surface area contributed by atoms with E-state index in [1.165, 1.54) is 0 Å². The molecule has 1 aromatic carbocycles. The smallest absolute Gasteiger partial charge is 0.560 e. The van der Waals surface area contributed by atoms with Crippen molar-refractivity contribution in [2.24, 2.45) is 0 Å². The molecule has 0 saturated carbocycles. The van der Waals surface area contributed by atoms with E-state index in [2.05, 4.69) is 15.9 Å². The Kier molecular flexibility index (Phi) is 4.21. The van der Waals surface area contributed by atoms with Gasteiger partial charge in [0.05, 0.1) is 11.8 Å². The van der Waals surface area contributed by atoms with Crippen LogP contribution >= 0.6 is 15.9 Å². The van der Waals surface area contributed by atoms with Crippen LogP contribution in [0.2, 0.25) is 0 Å². The summed E-state index contributed by atoms with van der Waals surface area (Å²) < 4.78 is 4.90. The summed E-state index contributed by atoms with van der Waals surface area (Å²) in [7, 11) is 0. The number of ether oxygens (including phenoxy) is 1. The van der Waals surface area contributed by atoms with Crippen molar-refractivity contribution < 1.29 is 19.2 Å². The molecule has 98 valence electrons. The number of alkyl halides is 1. The number of quaternary nitrogens is 1. The summed E-state index contributed by atoms with van der Waals surface area (Å²) in [6, 6.07) is 9.01. The highest BCUT2D eigenvalue weighted by molar-refractivity contribution is 9.09. The second-order valence-corrected chi connectivity index (χ2v) is 4.81. The molecule has 0 spiro atoms. The Morgan fingerprint density at radius 1 is 1.44 bits per heavy atom. The first kappa shape index (κ1) is 13.3. The first-order chi connectivity index (χ1) is 8.64. The number of hydrogen-bond donors (Lipinski definition) is 0. The Labute approximate surface area is 114 Å². The molecule has 1 heterocycles. The minimum atomic E-state index is -0.946. The number of hydrogen-bond acceptors (Lipinski definition) is 4. The van der Waals surface area contributed by atoms with Gasteiger partial charge in [0.1, 0.15) is 19.2 Å². The molecule has 6 heteroatoms. The maximum atomic E-state index is 11.9. The Morgan fingerprint density at radius 3 is 2.72 bits per heavy atom. The third-order valence-corrected chi connectivity index (χ3v) is 3.68. The third kappa shape index (κ3) is 3.01. The lowest BCUT2D eigenvalue weighted by molar-refractivity contribution is -1.10. The third-order valence-electron chi connectivity index (χ3n) is 2.94. The zero-order valence-corrected chi connectivity index (χ0v) is 11.3. The number of carbonyl (C=O) groups excluding carboxylic acids is 1. The van der Waals surface area contributed by atoms with Gasteiger partial charge in [-0.3, -0.25) is 0 Å². The highest BCUT2D eigenvalue weighted by Crippen LogP contribution is 2.29. The summed E-state index contributed by atoms with van der Waals surface area (Å²) in [6.45, 7) is 0.398. The molecule has 2 atom stereocenters. The minimum absolute atomic E-state index is 0.110. The molecule has 2 unspecified atom stereocenters. The molecule has 2 rings (SSSR count). The van der Waals surface area contributed by atoms with Gasteiger partial charge >= 0.3 is 6.16 Å². The number of nitrogens with zero attached hydrogens (tertiary/aromatic N) is 1. The van der Waals surface area contributed by atoms with Crippen molar-refractivity contribution in [2.75, 3.05) is 11.9 Å². The second kappa shape index (κ2) is 5.69. The van der Waals surface area contributed by atoms with Gasteiger partial charge in [0.15, 0.2) is 0 Å². The molecular formula is C12H14BrNO4. The molecule has 5 nitrogen and oxygen atoms in total. The van der Waals surface area contributed by atoms with E-state index in [9.17, 15) is 10.0 Å². The second-order valence-electron chi connectivity index (χ2n) is 4.16. The fraction of sp³-hybridized carbons (Fsp3) is 0.417.